The predicted octanol–water partition coefficient (Wildman–Crippen LogP) is 3.08. The number of unbranched alkanes of at least 4 members (excludes halogenated alkanes) is 2. The van der Waals surface area contributed by atoms with E-state index < -0.39 is 6.10 Å². The van der Waals surface area contributed by atoms with Gasteiger partial charge in [0.25, 0.3) is 0 Å². The van der Waals surface area contributed by atoms with Crippen molar-refractivity contribution in [2.75, 3.05) is 0 Å². The summed E-state index contributed by atoms with van der Waals surface area (Å²) < 4.78 is 0. The Kier molecular flexibility index (Phi) is 5.92. The summed E-state index contributed by atoms with van der Waals surface area (Å²) >= 11 is 0. The standard InChI is InChI=1S/C13H24O2/c1-2-3-5-10-12(14)13(15)11-8-6-4-7-9-11/h11,13,15H,2-10H2,1H3. The van der Waals surface area contributed by atoms with E-state index in [1.807, 2.05) is 0 Å². The maximum atomic E-state index is 11.7. The third kappa shape index (κ3) is 4.33. The van der Waals surface area contributed by atoms with Crippen molar-refractivity contribution in [2.45, 2.75) is 70.8 Å². The number of hydrogen-bond donors (Lipinski definition) is 1. The highest BCUT2D eigenvalue weighted by atomic mass is 16.3. The number of rotatable bonds is 6. The van der Waals surface area contributed by atoms with Gasteiger partial charge in [-0.2, -0.15) is 0 Å². The fourth-order valence-electron chi connectivity index (χ4n) is 2.41. The molecule has 2 heteroatoms. The van der Waals surface area contributed by atoms with E-state index in [4.69, 9.17) is 0 Å². The zero-order valence-corrected chi connectivity index (χ0v) is 9.87. The molecule has 0 saturated heterocycles. The smallest absolute Gasteiger partial charge is 0.161 e. The van der Waals surface area contributed by atoms with E-state index in [1.54, 1.807) is 0 Å². The number of aliphatic hydroxyl groups is 1. The molecule has 1 aliphatic carbocycles. The summed E-state index contributed by atoms with van der Waals surface area (Å²) in [7, 11) is 0. The molecular weight excluding hydrogens is 188 g/mol. The van der Waals surface area contributed by atoms with E-state index in [1.165, 1.54) is 19.3 Å². The Morgan fingerprint density at radius 1 is 1.27 bits per heavy atom. The fourth-order valence-corrected chi connectivity index (χ4v) is 2.41. The minimum atomic E-state index is -0.665. The molecule has 0 heterocycles. The predicted molar refractivity (Wildman–Crippen MR) is 61.7 cm³/mol. The summed E-state index contributed by atoms with van der Waals surface area (Å²) in [5, 5.41) is 9.89. The highest BCUT2D eigenvalue weighted by molar-refractivity contribution is 5.83. The Hall–Kier alpha value is -0.370. The first-order valence-corrected chi connectivity index (χ1v) is 6.46. The zero-order valence-electron chi connectivity index (χ0n) is 9.87. The fraction of sp³-hybridized carbons (Fsp3) is 0.923. The highest BCUT2D eigenvalue weighted by Gasteiger charge is 2.26. The van der Waals surface area contributed by atoms with Gasteiger partial charge in [-0.1, -0.05) is 39.0 Å². The maximum Gasteiger partial charge on any atom is 0.161 e. The monoisotopic (exact) mass is 212 g/mol. The van der Waals surface area contributed by atoms with Crippen LogP contribution in [0, 0.1) is 5.92 Å². The van der Waals surface area contributed by atoms with Crippen molar-refractivity contribution in [3.8, 4) is 0 Å². The largest absolute Gasteiger partial charge is 0.385 e. The van der Waals surface area contributed by atoms with Gasteiger partial charge in [0.05, 0.1) is 0 Å². The number of ketones is 1. The summed E-state index contributed by atoms with van der Waals surface area (Å²) in [6.45, 7) is 2.13. The molecule has 2 nitrogen and oxygen atoms in total. The molecule has 0 radical (unpaired) electrons. The number of carbonyl (C=O) groups excluding carboxylic acids is 1. The minimum Gasteiger partial charge on any atom is -0.385 e. The third-order valence-corrected chi connectivity index (χ3v) is 3.45. The summed E-state index contributed by atoms with van der Waals surface area (Å²) in [4.78, 5) is 11.7. The van der Waals surface area contributed by atoms with Crippen molar-refractivity contribution >= 4 is 5.78 Å². The first-order chi connectivity index (χ1) is 7.25. The van der Waals surface area contributed by atoms with Crippen molar-refractivity contribution < 1.29 is 9.90 Å². The number of carbonyl (C=O) groups is 1. The van der Waals surface area contributed by atoms with Gasteiger partial charge in [0.15, 0.2) is 5.78 Å². The van der Waals surface area contributed by atoms with Crippen molar-refractivity contribution in [1.82, 2.24) is 0 Å². The van der Waals surface area contributed by atoms with Gasteiger partial charge in [0, 0.05) is 6.42 Å². The summed E-state index contributed by atoms with van der Waals surface area (Å²) in [5.41, 5.74) is 0. The minimum absolute atomic E-state index is 0.0790. The van der Waals surface area contributed by atoms with E-state index in [-0.39, 0.29) is 11.7 Å². The quantitative estimate of drug-likeness (QED) is 0.687. The summed E-state index contributed by atoms with van der Waals surface area (Å²) in [6, 6.07) is 0. The highest BCUT2D eigenvalue weighted by Crippen LogP contribution is 2.27. The second-order valence-corrected chi connectivity index (χ2v) is 4.77. The lowest BCUT2D eigenvalue weighted by atomic mass is 9.83. The van der Waals surface area contributed by atoms with Crippen molar-refractivity contribution in [2.24, 2.45) is 5.92 Å². The van der Waals surface area contributed by atoms with Crippen LogP contribution in [-0.2, 0) is 4.79 Å². The van der Waals surface area contributed by atoms with E-state index in [2.05, 4.69) is 6.92 Å². The summed E-state index contributed by atoms with van der Waals surface area (Å²) in [5.74, 6) is 0.336. The Bertz CT molecular complexity index is 183. The van der Waals surface area contributed by atoms with E-state index >= 15 is 0 Å². The van der Waals surface area contributed by atoms with Crippen LogP contribution in [0.15, 0.2) is 0 Å². The molecule has 1 fully saturated rings. The normalized spacial score (nSPS) is 20.1. The molecular formula is C13H24O2. The molecule has 1 aliphatic rings. The van der Waals surface area contributed by atoms with Crippen LogP contribution in [0.3, 0.4) is 0 Å². The molecule has 0 aromatic heterocycles. The molecule has 1 unspecified atom stereocenters. The van der Waals surface area contributed by atoms with Crippen LogP contribution in [0.4, 0.5) is 0 Å². The maximum absolute atomic E-state index is 11.7. The van der Waals surface area contributed by atoms with E-state index in [9.17, 15) is 9.90 Å². The van der Waals surface area contributed by atoms with Gasteiger partial charge in [-0.3, -0.25) is 4.79 Å². The Labute approximate surface area is 93.1 Å². The number of aliphatic hydroxyl groups excluding tert-OH is 1. The van der Waals surface area contributed by atoms with Crippen LogP contribution in [0.25, 0.3) is 0 Å². The number of Topliss-reactive ketones (excluding diaryl/α,β-unsaturated/α-hetero) is 1. The van der Waals surface area contributed by atoms with Crippen LogP contribution >= 0.6 is 0 Å². The van der Waals surface area contributed by atoms with Gasteiger partial charge in [0.1, 0.15) is 6.10 Å². The second-order valence-electron chi connectivity index (χ2n) is 4.77. The zero-order chi connectivity index (χ0) is 11.1. The SMILES string of the molecule is CCCCCC(=O)C(O)C1CCCCC1. The number of hydrogen-bond acceptors (Lipinski definition) is 2. The van der Waals surface area contributed by atoms with Gasteiger partial charge in [-0.15, -0.1) is 0 Å². The molecule has 0 aliphatic heterocycles. The Morgan fingerprint density at radius 3 is 2.53 bits per heavy atom. The molecule has 0 aromatic rings. The molecule has 15 heavy (non-hydrogen) atoms. The first-order valence-electron chi connectivity index (χ1n) is 6.46. The average Bonchev–Trinajstić information content (AvgIpc) is 2.29. The van der Waals surface area contributed by atoms with Gasteiger partial charge >= 0.3 is 0 Å². The molecule has 1 saturated carbocycles. The van der Waals surface area contributed by atoms with Gasteiger partial charge in [-0.25, -0.2) is 0 Å². The van der Waals surface area contributed by atoms with E-state index in [0.29, 0.717) is 6.42 Å². The van der Waals surface area contributed by atoms with Crippen LogP contribution in [-0.4, -0.2) is 17.0 Å². The summed E-state index contributed by atoms with van der Waals surface area (Å²) in [6.07, 6.45) is 8.81. The molecule has 1 rings (SSSR count). The van der Waals surface area contributed by atoms with Gasteiger partial charge in [0.2, 0.25) is 0 Å². The molecule has 0 aromatic carbocycles. The average molecular weight is 212 g/mol. The van der Waals surface area contributed by atoms with Crippen molar-refractivity contribution in [3.05, 3.63) is 0 Å². The molecule has 0 spiro atoms. The van der Waals surface area contributed by atoms with Crippen molar-refractivity contribution in [1.29, 1.82) is 0 Å². The Morgan fingerprint density at radius 2 is 1.93 bits per heavy atom. The lowest BCUT2D eigenvalue weighted by molar-refractivity contribution is -0.130. The molecule has 1 atom stereocenters. The molecule has 0 bridgehead atoms. The van der Waals surface area contributed by atoms with Crippen LogP contribution < -0.4 is 0 Å². The Balaban J connectivity index is 2.24. The van der Waals surface area contributed by atoms with E-state index in [0.717, 1.165) is 32.1 Å². The molecule has 0 amide bonds. The van der Waals surface area contributed by atoms with Crippen LogP contribution in [0.5, 0.6) is 0 Å². The lowest BCUT2D eigenvalue weighted by Crippen LogP contribution is -2.30. The molecule has 88 valence electrons. The lowest BCUT2D eigenvalue weighted by Gasteiger charge is -2.25. The van der Waals surface area contributed by atoms with Crippen LogP contribution in [0.2, 0.25) is 0 Å². The third-order valence-electron chi connectivity index (χ3n) is 3.45. The van der Waals surface area contributed by atoms with Crippen molar-refractivity contribution in [3.63, 3.8) is 0 Å². The van der Waals surface area contributed by atoms with Gasteiger partial charge in [-0.05, 0) is 25.2 Å². The van der Waals surface area contributed by atoms with Crippen LogP contribution in [0.1, 0.15) is 64.7 Å². The molecule has 1 N–H and O–H groups in total. The van der Waals surface area contributed by atoms with Gasteiger partial charge < -0.3 is 5.11 Å². The topological polar surface area (TPSA) is 37.3 Å². The second kappa shape index (κ2) is 7.00. The first kappa shape index (κ1) is 12.7.